The molecule has 0 aliphatic carbocycles. The molecule has 4 rings (SSSR count). The van der Waals surface area contributed by atoms with Crippen molar-refractivity contribution < 1.29 is 18.2 Å². The van der Waals surface area contributed by atoms with Crippen LogP contribution in [0.4, 0.5) is 18.9 Å². The summed E-state index contributed by atoms with van der Waals surface area (Å²) in [5.41, 5.74) is 1.65. The van der Waals surface area contributed by atoms with Crippen LogP contribution < -0.4 is 4.90 Å². The van der Waals surface area contributed by atoms with Crippen LogP contribution in [0.25, 0.3) is 10.9 Å². The van der Waals surface area contributed by atoms with E-state index in [0.717, 1.165) is 11.3 Å². The molecule has 1 aliphatic heterocycles. The zero-order valence-electron chi connectivity index (χ0n) is 15.5. The summed E-state index contributed by atoms with van der Waals surface area (Å²) in [6.45, 7) is 4.62. The Bertz CT molecular complexity index is 947. The predicted octanol–water partition coefficient (Wildman–Crippen LogP) is 4.00. The predicted molar refractivity (Wildman–Crippen MR) is 108 cm³/mol. The highest BCUT2D eigenvalue weighted by molar-refractivity contribution is 7.07. The number of piperazine rings is 1. The van der Waals surface area contributed by atoms with Crippen molar-refractivity contribution in [3.05, 3.63) is 52.3 Å². The number of anilines is 1. The van der Waals surface area contributed by atoms with Crippen molar-refractivity contribution in [1.29, 1.82) is 0 Å². The van der Waals surface area contributed by atoms with E-state index in [4.69, 9.17) is 0 Å². The Morgan fingerprint density at radius 3 is 2.50 bits per heavy atom. The Kier molecular flexibility index (Phi) is 5.16. The number of nitrogens with zero attached hydrogens (tertiary/aromatic N) is 3. The molecule has 0 spiro atoms. The first-order chi connectivity index (χ1) is 13.3. The lowest BCUT2D eigenvalue weighted by Crippen LogP contribution is -2.51. The zero-order chi connectivity index (χ0) is 19.9. The SMILES string of the molecule is CB(O)N1CCN(c2cccc3c2cc(C(F)(F)F)n3Cc2ccsc2)CC1. The van der Waals surface area contributed by atoms with Gasteiger partial charge in [-0.15, -0.1) is 0 Å². The van der Waals surface area contributed by atoms with E-state index in [0.29, 0.717) is 37.1 Å². The van der Waals surface area contributed by atoms with Crippen molar-refractivity contribution >= 4 is 35.0 Å². The minimum absolute atomic E-state index is 0.196. The first kappa shape index (κ1) is 19.4. The first-order valence-corrected chi connectivity index (χ1v) is 10.2. The van der Waals surface area contributed by atoms with Crippen LogP contribution in [-0.2, 0) is 12.7 Å². The normalized spacial score (nSPS) is 16.1. The fraction of sp³-hybridized carbons (Fsp3) is 0.368. The Morgan fingerprint density at radius 2 is 1.89 bits per heavy atom. The molecule has 3 heterocycles. The van der Waals surface area contributed by atoms with E-state index in [1.165, 1.54) is 22.0 Å². The van der Waals surface area contributed by atoms with Crippen molar-refractivity contribution in [1.82, 2.24) is 9.38 Å². The molecule has 3 aromatic rings. The number of hydrogen-bond donors (Lipinski definition) is 1. The second-order valence-electron chi connectivity index (χ2n) is 7.11. The van der Waals surface area contributed by atoms with Gasteiger partial charge in [0.1, 0.15) is 5.69 Å². The number of benzene rings is 1. The Balaban J connectivity index is 1.75. The third-order valence-corrected chi connectivity index (χ3v) is 6.05. The molecule has 9 heteroatoms. The van der Waals surface area contributed by atoms with E-state index >= 15 is 0 Å². The Hall–Kier alpha value is -1.97. The molecule has 0 radical (unpaired) electrons. The van der Waals surface area contributed by atoms with Gasteiger partial charge in [0.15, 0.2) is 0 Å². The van der Waals surface area contributed by atoms with Crippen molar-refractivity contribution in [3.8, 4) is 0 Å². The largest absolute Gasteiger partial charge is 0.437 e. The minimum atomic E-state index is -4.42. The van der Waals surface area contributed by atoms with E-state index in [1.54, 1.807) is 12.9 Å². The van der Waals surface area contributed by atoms with Crippen molar-refractivity contribution in [2.24, 2.45) is 0 Å². The van der Waals surface area contributed by atoms with Crippen molar-refractivity contribution in [2.45, 2.75) is 19.5 Å². The third kappa shape index (κ3) is 3.66. The highest BCUT2D eigenvalue weighted by Gasteiger charge is 2.36. The van der Waals surface area contributed by atoms with Crippen molar-refractivity contribution in [2.75, 3.05) is 31.1 Å². The first-order valence-electron chi connectivity index (χ1n) is 9.22. The fourth-order valence-corrected chi connectivity index (χ4v) is 4.51. The zero-order valence-corrected chi connectivity index (χ0v) is 16.3. The minimum Gasteiger partial charge on any atom is -0.437 e. The molecule has 0 unspecified atom stereocenters. The van der Waals surface area contributed by atoms with Gasteiger partial charge in [-0.25, -0.2) is 0 Å². The topological polar surface area (TPSA) is 31.6 Å². The number of fused-ring (bicyclic) bond motifs is 1. The van der Waals surface area contributed by atoms with Crippen molar-refractivity contribution in [3.63, 3.8) is 0 Å². The van der Waals surface area contributed by atoms with Gasteiger partial charge in [-0.1, -0.05) is 6.07 Å². The van der Waals surface area contributed by atoms with E-state index in [-0.39, 0.29) is 6.54 Å². The second kappa shape index (κ2) is 7.46. The molecule has 148 valence electrons. The average Bonchev–Trinajstić information content (AvgIpc) is 3.30. The van der Waals surface area contributed by atoms with Gasteiger partial charge >= 0.3 is 13.2 Å². The summed E-state index contributed by atoms with van der Waals surface area (Å²) in [6.07, 6.45) is -4.42. The van der Waals surface area contributed by atoms with E-state index in [9.17, 15) is 18.2 Å². The molecular formula is C19H21BF3N3OS. The van der Waals surface area contributed by atoms with Gasteiger partial charge in [-0.05, 0) is 47.4 Å². The lowest BCUT2D eigenvalue weighted by Gasteiger charge is -2.37. The van der Waals surface area contributed by atoms with Crippen LogP contribution in [0.1, 0.15) is 11.3 Å². The third-order valence-electron chi connectivity index (χ3n) is 5.32. The summed E-state index contributed by atoms with van der Waals surface area (Å²) in [4.78, 5) is 4.07. The maximum Gasteiger partial charge on any atom is 0.431 e. The average molecular weight is 407 g/mol. The van der Waals surface area contributed by atoms with Gasteiger partial charge in [0, 0.05) is 43.8 Å². The summed E-state index contributed by atoms with van der Waals surface area (Å²) in [5.74, 6) is 0. The molecule has 1 saturated heterocycles. The highest BCUT2D eigenvalue weighted by Crippen LogP contribution is 2.38. The number of rotatable bonds is 4. The van der Waals surface area contributed by atoms with Crippen LogP contribution >= 0.6 is 11.3 Å². The maximum atomic E-state index is 13.8. The lowest BCUT2D eigenvalue weighted by molar-refractivity contribution is -0.143. The van der Waals surface area contributed by atoms with Crippen LogP contribution in [0.5, 0.6) is 0 Å². The van der Waals surface area contributed by atoms with Gasteiger partial charge in [-0.3, -0.25) is 0 Å². The molecule has 0 amide bonds. The number of aromatic nitrogens is 1. The summed E-state index contributed by atoms with van der Waals surface area (Å²) >= 11 is 1.48. The smallest absolute Gasteiger partial charge is 0.431 e. The van der Waals surface area contributed by atoms with Crippen LogP contribution in [0.3, 0.4) is 0 Å². The monoisotopic (exact) mass is 407 g/mol. The van der Waals surface area contributed by atoms with Crippen LogP contribution in [-0.4, -0.2) is 47.6 Å². The van der Waals surface area contributed by atoms with Gasteiger partial charge in [0.2, 0.25) is 0 Å². The summed E-state index contributed by atoms with van der Waals surface area (Å²) in [7, 11) is -0.513. The summed E-state index contributed by atoms with van der Waals surface area (Å²) in [5, 5.41) is 14.1. The molecule has 2 aromatic heterocycles. The van der Waals surface area contributed by atoms with Gasteiger partial charge in [0.25, 0.3) is 0 Å². The van der Waals surface area contributed by atoms with E-state index < -0.39 is 18.9 Å². The number of hydrogen-bond acceptors (Lipinski definition) is 4. The molecule has 0 atom stereocenters. The molecule has 1 N–H and O–H groups in total. The van der Waals surface area contributed by atoms with Gasteiger partial charge in [-0.2, -0.15) is 24.5 Å². The number of halogens is 3. The van der Waals surface area contributed by atoms with Crippen LogP contribution in [0, 0.1) is 0 Å². The molecule has 0 bridgehead atoms. The second-order valence-corrected chi connectivity index (χ2v) is 7.89. The van der Waals surface area contributed by atoms with Crippen LogP contribution in [0.2, 0.25) is 6.82 Å². The fourth-order valence-electron chi connectivity index (χ4n) is 3.85. The highest BCUT2D eigenvalue weighted by atomic mass is 32.1. The quantitative estimate of drug-likeness (QED) is 0.664. The molecule has 0 saturated carbocycles. The molecule has 4 nitrogen and oxygen atoms in total. The number of alkyl halides is 3. The maximum absolute atomic E-state index is 13.8. The molecule has 1 aromatic carbocycles. The number of thiophene rings is 1. The van der Waals surface area contributed by atoms with Gasteiger partial charge in [0.05, 0.1) is 5.52 Å². The van der Waals surface area contributed by atoms with Crippen LogP contribution in [0.15, 0.2) is 41.1 Å². The van der Waals surface area contributed by atoms with E-state index in [1.807, 2.05) is 33.8 Å². The van der Waals surface area contributed by atoms with Gasteiger partial charge < -0.3 is 19.3 Å². The summed E-state index contributed by atoms with van der Waals surface area (Å²) < 4.78 is 42.7. The molecule has 28 heavy (non-hydrogen) atoms. The summed E-state index contributed by atoms with van der Waals surface area (Å²) in [6, 6.07) is 8.60. The molecular weight excluding hydrogens is 386 g/mol. The lowest BCUT2D eigenvalue weighted by atomic mass is 9.84. The molecule has 1 fully saturated rings. The van der Waals surface area contributed by atoms with E-state index in [2.05, 4.69) is 4.90 Å². The Labute approximate surface area is 165 Å². The standard InChI is InChI=1S/C19H21BF3N3OS/c1-20(27)25-8-6-24(7-9-25)16-3-2-4-17-15(16)11-18(19(21,22)23)26(17)12-14-5-10-28-13-14/h2-5,10-11,13,27H,6-9,12H2,1H3. The Morgan fingerprint density at radius 1 is 1.14 bits per heavy atom. The molecule has 1 aliphatic rings.